The number of hydrogen-bond acceptors (Lipinski definition) is 3. The van der Waals surface area contributed by atoms with E-state index in [-0.39, 0.29) is 18.2 Å². The van der Waals surface area contributed by atoms with Gasteiger partial charge < -0.3 is 10.1 Å². The van der Waals surface area contributed by atoms with Crippen molar-refractivity contribution < 1.29 is 13.9 Å². The van der Waals surface area contributed by atoms with Crippen LogP contribution in [0.1, 0.15) is 23.5 Å². The van der Waals surface area contributed by atoms with Crippen LogP contribution in [-0.2, 0) is 4.79 Å². The molecule has 4 rings (SSSR count). The summed E-state index contributed by atoms with van der Waals surface area (Å²) >= 11 is 0. The third-order valence-electron chi connectivity index (χ3n) is 4.22. The van der Waals surface area contributed by atoms with Crippen LogP contribution < -0.4 is 10.1 Å². The van der Waals surface area contributed by atoms with Gasteiger partial charge in [0.05, 0.1) is 6.20 Å². The van der Waals surface area contributed by atoms with Gasteiger partial charge in [-0.25, -0.2) is 4.39 Å². The highest BCUT2D eigenvalue weighted by molar-refractivity contribution is 5.95. The molecule has 0 aliphatic carbocycles. The molecule has 1 N–H and O–H groups in total. The van der Waals surface area contributed by atoms with Crippen molar-refractivity contribution in [2.24, 2.45) is 0 Å². The van der Waals surface area contributed by atoms with E-state index in [1.807, 2.05) is 42.5 Å². The van der Waals surface area contributed by atoms with Gasteiger partial charge >= 0.3 is 0 Å². The maximum absolute atomic E-state index is 14.1. The van der Waals surface area contributed by atoms with E-state index in [1.54, 1.807) is 12.1 Å². The SMILES string of the molecule is O=C1C[C@H](c2ccncc2F)c2ccc(Oc3ccccc3)cc2N1. The number of amides is 1. The lowest BCUT2D eigenvalue weighted by Crippen LogP contribution is -2.24. The number of fused-ring (bicyclic) bond motifs is 1. The predicted octanol–water partition coefficient (Wildman–Crippen LogP) is 4.49. The summed E-state index contributed by atoms with van der Waals surface area (Å²) in [5.41, 5.74) is 1.99. The van der Waals surface area contributed by atoms with Crippen LogP contribution in [0, 0.1) is 5.82 Å². The minimum atomic E-state index is -0.405. The molecular weight excluding hydrogens is 319 g/mol. The van der Waals surface area contributed by atoms with Crippen LogP contribution in [0.2, 0.25) is 0 Å². The van der Waals surface area contributed by atoms with E-state index >= 15 is 0 Å². The fourth-order valence-corrected chi connectivity index (χ4v) is 3.08. The summed E-state index contributed by atoms with van der Waals surface area (Å²) in [5.74, 6) is 0.434. The van der Waals surface area contributed by atoms with E-state index in [0.717, 1.165) is 5.56 Å². The van der Waals surface area contributed by atoms with Crippen LogP contribution in [0.5, 0.6) is 11.5 Å². The fourth-order valence-electron chi connectivity index (χ4n) is 3.08. The molecule has 1 aliphatic heterocycles. The zero-order valence-electron chi connectivity index (χ0n) is 13.3. The molecule has 1 atom stereocenters. The van der Waals surface area contributed by atoms with Gasteiger partial charge in [0, 0.05) is 30.3 Å². The molecule has 1 aliphatic rings. The first-order chi connectivity index (χ1) is 12.2. The van der Waals surface area contributed by atoms with Gasteiger partial charge in [0.1, 0.15) is 17.3 Å². The molecule has 1 amide bonds. The first-order valence-corrected chi connectivity index (χ1v) is 7.97. The molecule has 3 aromatic rings. The van der Waals surface area contributed by atoms with Gasteiger partial charge in [0.25, 0.3) is 0 Å². The Morgan fingerprint density at radius 1 is 1.04 bits per heavy atom. The first-order valence-electron chi connectivity index (χ1n) is 7.97. The van der Waals surface area contributed by atoms with Crippen LogP contribution in [0.4, 0.5) is 10.1 Å². The lowest BCUT2D eigenvalue weighted by Gasteiger charge is -2.26. The number of nitrogens with zero attached hydrogens (tertiary/aromatic N) is 1. The maximum Gasteiger partial charge on any atom is 0.225 e. The number of halogens is 1. The average molecular weight is 334 g/mol. The Balaban J connectivity index is 1.70. The van der Waals surface area contributed by atoms with Crippen molar-refractivity contribution in [3.63, 3.8) is 0 Å². The molecule has 2 heterocycles. The molecule has 2 aromatic carbocycles. The normalized spacial score (nSPS) is 16.0. The standard InChI is InChI=1S/C20H15FN2O2/c21-18-12-22-9-8-15(18)17-11-20(24)23-19-10-14(6-7-16(17)19)25-13-4-2-1-3-5-13/h1-10,12,17H,11H2,(H,23,24)/t17-/m1/s1. The summed E-state index contributed by atoms with van der Waals surface area (Å²) in [6.45, 7) is 0. The molecule has 25 heavy (non-hydrogen) atoms. The van der Waals surface area contributed by atoms with Gasteiger partial charge in [-0.1, -0.05) is 24.3 Å². The number of nitrogens with one attached hydrogen (secondary N) is 1. The summed E-state index contributed by atoms with van der Waals surface area (Å²) in [4.78, 5) is 15.9. The molecule has 5 heteroatoms. The molecule has 0 fully saturated rings. The number of para-hydroxylation sites is 1. The van der Waals surface area contributed by atoms with Crippen molar-refractivity contribution in [1.29, 1.82) is 0 Å². The largest absolute Gasteiger partial charge is 0.457 e. The highest BCUT2D eigenvalue weighted by atomic mass is 19.1. The van der Waals surface area contributed by atoms with E-state index in [4.69, 9.17) is 4.74 Å². The van der Waals surface area contributed by atoms with Crippen LogP contribution in [0.15, 0.2) is 67.0 Å². The summed E-state index contributed by atoms with van der Waals surface area (Å²) in [6.07, 6.45) is 2.92. The molecule has 0 bridgehead atoms. The van der Waals surface area contributed by atoms with Gasteiger partial charge in [0.15, 0.2) is 0 Å². The van der Waals surface area contributed by atoms with Crippen molar-refractivity contribution in [1.82, 2.24) is 4.98 Å². The molecule has 4 nitrogen and oxygen atoms in total. The number of anilines is 1. The molecule has 0 saturated carbocycles. The number of aromatic nitrogens is 1. The van der Waals surface area contributed by atoms with Crippen molar-refractivity contribution in [3.8, 4) is 11.5 Å². The minimum absolute atomic E-state index is 0.148. The second-order valence-electron chi connectivity index (χ2n) is 5.87. The number of hydrogen-bond donors (Lipinski definition) is 1. The zero-order valence-corrected chi connectivity index (χ0v) is 13.3. The van der Waals surface area contributed by atoms with Crippen molar-refractivity contribution in [2.75, 3.05) is 5.32 Å². The quantitative estimate of drug-likeness (QED) is 0.768. The minimum Gasteiger partial charge on any atom is -0.457 e. The highest BCUT2D eigenvalue weighted by Gasteiger charge is 2.28. The third kappa shape index (κ3) is 3.08. The van der Waals surface area contributed by atoms with Gasteiger partial charge in [-0.15, -0.1) is 0 Å². The molecule has 0 radical (unpaired) electrons. The Bertz CT molecular complexity index is 928. The molecule has 0 saturated heterocycles. The van der Waals surface area contributed by atoms with E-state index in [9.17, 15) is 9.18 Å². The van der Waals surface area contributed by atoms with Gasteiger partial charge in [-0.05, 0) is 35.4 Å². The number of ether oxygens (including phenoxy) is 1. The van der Waals surface area contributed by atoms with Crippen molar-refractivity contribution in [3.05, 3.63) is 83.9 Å². The van der Waals surface area contributed by atoms with Crippen LogP contribution in [0.3, 0.4) is 0 Å². The first kappa shape index (κ1) is 15.3. The van der Waals surface area contributed by atoms with E-state index < -0.39 is 5.82 Å². The summed E-state index contributed by atoms with van der Waals surface area (Å²) in [5, 5.41) is 2.85. The Hall–Kier alpha value is -3.21. The number of pyridine rings is 1. The fraction of sp³-hybridized carbons (Fsp3) is 0.100. The number of rotatable bonds is 3. The molecule has 1 aromatic heterocycles. The van der Waals surface area contributed by atoms with Crippen molar-refractivity contribution in [2.45, 2.75) is 12.3 Å². The van der Waals surface area contributed by atoms with E-state index in [1.165, 1.54) is 12.4 Å². The monoisotopic (exact) mass is 334 g/mol. The second kappa shape index (κ2) is 6.36. The predicted molar refractivity (Wildman–Crippen MR) is 92.2 cm³/mol. The average Bonchev–Trinajstić information content (AvgIpc) is 2.62. The lowest BCUT2D eigenvalue weighted by molar-refractivity contribution is -0.116. The Morgan fingerprint density at radius 2 is 1.88 bits per heavy atom. The van der Waals surface area contributed by atoms with E-state index in [0.29, 0.717) is 22.7 Å². The Morgan fingerprint density at radius 3 is 2.68 bits per heavy atom. The molecule has 0 spiro atoms. The summed E-state index contributed by atoms with van der Waals surface area (Å²) in [7, 11) is 0. The maximum atomic E-state index is 14.1. The van der Waals surface area contributed by atoms with Crippen molar-refractivity contribution >= 4 is 11.6 Å². The zero-order chi connectivity index (χ0) is 17.2. The number of carbonyl (C=O) groups is 1. The van der Waals surface area contributed by atoms with Gasteiger partial charge in [-0.2, -0.15) is 0 Å². The number of carbonyl (C=O) groups excluding carboxylic acids is 1. The molecule has 0 unspecified atom stereocenters. The van der Waals surface area contributed by atoms with Gasteiger partial charge in [0.2, 0.25) is 5.91 Å². The van der Waals surface area contributed by atoms with Crippen LogP contribution in [-0.4, -0.2) is 10.9 Å². The third-order valence-corrected chi connectivity index (χ3v) is 4.22. The number of benzene rings is 2. The topological polar surface area (TPSA) is 51.2 Å². The second-order valence-corrected chi connectivity index (χ2v) is 5.87. The summed E-state index contributed by atoms with van der Waals surface area (Å²) < 4.78 is 20.0. The smallest absolute Gasteiger partial charge is 0.225 e. The molecular formula is C20H15FN2O2. The van der Waals surface area contributed by atoms with Gasteiger partial charge in [-0.3, -0.25) is 9.78 Å². The lowest BCUT2D eigenvalue weighted by atomic mass is 9.85. The summed E-state index contributed by atoms with van der Waals surface area (Å²) in [6, 6.07) is 16.5. The van der Waals surface area contributed by atoms with E-state index in [2.05, 4.69) is 10.3 Å². The van der Waals surface area contributed by atoms with Crippen LogP contribution >= 0.6 is 0 Å². The molecule has 124 valence electrons. The Kier molecular flexibility index (Phi) is 3.90. The Labute approximate surface area is 144 Å². The highest BCUT2D eigenvalue weighted by Crippen LogP contribution is 2.40. The van der Waals surface area contributed by atoms with Crippen LogP contribution in [0.25, 0.3) is 0 Å².